The van der Waals surface area contributed by atoms with Crippen LogP contribution in [0.2, 0.25) is 0 Å². The third-order valence-corrected chi connectivity index (χ3v) is 2.13. The van der Waals surface area contributed by atoms with E-state index < -0.39 is 6.04 Å². The molecular formula is C12H17NO3. The Morgan fingerprint density at radius 2 is 2.31 bits per heavy atom. The normalized spacial score (nSPS) is 11.9. The number of rotatable bonds is 5. The summed E-state index contributed by atoms with van der Waals surface area (Å²) in [5.74, 6) is -0.281. The zero-order valence-electron chi connectivity index (χ0n) is 9.56. The van der Waals surface area contributed by atoms with Gasteiger partial charge in [0.2, 0.25) is 0 Å². The van der Waals surface area contributed by atoms with Crippen LogP contribution in [0.1, 0.15) is 19.4 Å². The van der Waals surface area contributed by atoms with Gasteiger partial charge in [-0.15, -0.1) is 0 Å². The minimum atomic E-state index is -0.395. The molecule has 0 aromatic heterocycles. The maximum absolute atomic E-state index is 11.4. The van der Waals surface area contributed by atoms with Gasteiger partial charge in [0, 0.05) is 5.69 Å². The molecule has 0 radical (unpaired) electrons. The molecule has 0 aliphatic carbocycles. The molecule has 0 aliphatic rings. The molecule has 1 aromatic rings. The van der Waals surface area contributed by atoms with Gasteiger partial charge in [-0.05, 0) is 31.5 Å². The first-order valence-electron chi connectivity index (χ1n) is 5.30. The van der Waals surface area contributed by atoms with E-state index in [0.29, 0.717) is 6.61 Å². The molecule has 0 amide bonds. The first-order chi connectivity index (χ1) is 7.67. The van der Waals surface area contributed by atoms with Crippen molar-refractivity contribution in [1.29, 1.82) is 0 Å². The minimum Gasteiger partial charge on any atom is -0.464 e. The van der Waals surface area contributed by atoms with E-state index in [0.717, 1.165) is 11.3 Å². The summed E-state index contributed by atoms with van der Waals surface area (Å²) in [5.41, 5.74) is 1.60. The van der Waals surface area contributed by atoms with E-state index >= 15 is 0 Å². The largest absolute Gasteiger partial charge is 0.464 e. The van der Waals surface area contributed by atoms with Crippen LogP contribution in [0.5, 0.6) is 0 Å². The van der Waals surface area contributed by atoms with E-state index in [1.807, 2.05) is 18.2 Å². The molecule has 88 valence electrons. The second-order valence-corrected chi connectivity index (χ2v) is 3.48. The van der Waals surface area contributed by atoms with E-state index in [4.69, 9.17) is 9.84 Å². The van der Waals surface area contributed by atoms with E-state index in [1.54, 1.807) is 19.9 Å². The summed E-state index contributed by atoms with van der Waals surface area (Å²) in [6, 6.07) is 6.89. The number of carbonyl (C=O) groups excluding carboxylic acids is 1. The van der Waals surface area contributed by atoms with Crippen molar-refractivity contribution in [2.75, 3.05) is 11.9 Å². The average molecular weight is 223 g/mol. The van der Waals surface area contributed by atoms with Gasteiger partial charge in [0.05, 0.1) is 13.2 Å². The Balaban J connectivity index is 2.61. The molecule has 0 fully saturated rings. The second kappa shape index (κ2) is 6.12. The summed E-state index contributed by atoms with van der Waals surface area (Å²) in [7, 11) is 0. The Kier molecular flexibility index (Phi) is 4.79. The summed E-state index contributed by atoms with van der Waals surface area (Å²) < 4.78 is 4.88. The molecule has 2 N–H and O–H groups in total. The lowest BCUT2D eigenvalue weighted by Crippen LogP contribution is -2.28. The number of aliphatic hydroxyl groups is 1. The fourth-order valence-electron chi connectivity index (χ4n) is 1.34. The highest BCUT2D eigenvalue weighted by Crippen LogP contribution is 2.12. The van der Waals surface area contributed by atoms with Gasteiger partial charge in [0.1, 0.15) is 6.04 Å². The monoisotopic (exact) mass is 223 g/mol. The predicted molar refractivity (Wildman–Crippen MR) is 62.1 cm³/mol. The van der Waals surface area contributed by atoms with Crippen molar-refractivity contribution in [3.63, 3.8) is 0 Å². The fraction of sp³-hybridized carbons (Fsp3) is 0.417. The van der Waals surface area contributed by atoms with Gasteiger partial charge in [-0.1, -0.05) is 12.1 Å². The lowest BCUT2D eigenvalue weighted by Gasteiger charge is -2.14. The summed E-state index contributed by atoms with van der Waals surface area (Å²) in [6.45, 7) is 3.88. The van der Waals surface area contributed by atoms with Gasteiger partial charge >= 0.3 is 5.97 Å². The third kappa shape index (κ3) is 3.55. The van der Waals surface area contributed by atoms with Crippen LogP contribution >= 0.6 is 0 Å². The minimum absolute atomic E-state index is 0.0106. The van der Waals surface area contributed by atoms with Crippen molar-refractivity contribution in [3.8, 4) is 0 Å². The first kappa shape index (κ1) is 12.5. The number of esters is 1. The molecule has 1 atom stereocenters. The molecule has 0 saturated carbocycles. The number of hydrogen-bond acceptors (Lipinski definition) is 4. The molecule has 1 aromatic carbocycles. The lowest BCUT2D eigenvalue weighted by molar-refractivity contribution is -0.143. The molecule has 0 heterocycles. The van der Waals surface area contributed by atoms with Crippen molar-refractivity contribution in [2.24, 2.45) is 0 Å². The number of benzene rings is 1. The number of carbonyl (C=O) groups is 1. The molecule has 0 saturated heterocycles. The topological polar surface area (TPSA) is 58.6 Å². The third-order valence-electron chi connectivity index (χ3n) is 2.13. The highest BCUT2D eigenvalue weighted by atomic mass is 16.5. The standard InChI is InChI=1S/C12H17NO3/c1-3-16-12(15)9(2)13-11-6-4-5-10(7-11)8-14/h4-7,9,13-14H,3,8H2,1-2H3. The Labute approximate surface area is 95.2 Å². The summed E-state index contributed by atoms with van der Waals surface area (Å²) in [4.78, 5) is 11.4. The van der Waals surface area contributed by atoms with E-state index in [2.05, 4.69) is 5.32 Å². The Hall–Kier alpha value is -1.55. The highest BCUT2D eigenvalue weighted by Gasteiger charge is 2.13. The van der Waals surface area contributed by atoms with Crippen LogP contribution < -0.4 is 5.32 Å². The highest BCUT2D eigenvalue weighted by molar-refractivity contribution is 5.78. The van der Waals surface area contributed by atoms with Gasteiger partial charge in [0.15, 0.2) is 0 Å². The number of hydrogen-bond donors (Lipinski definition) is 2. The fourth-order valence-corrected chi connectivity index (χ4v) is 1.34. The van der Waals surface area contributed by atoms with Crippen LogP contribution in [0, 0.1) is 0 Å². The molecule has 1 unspecified atom stereocenters. The van der Waals surface area contributed by atoms with Crippen LogP contribution in [-0.2, 0) is 16.1 Å². The number of anilines is 1. The smallest absolute Gasteiger partial charge is 0.328 e. The SMILES string of the molecule is CCOC(=O)C(C)Nc1cccc(CO)c1. The molecular weight excluding hydrogens is 206 g/mol. The van der Waals surface area contributed by atoms with Crippen molar-refractivity contribution in [2.45, 2.75) is 26.5 Å². The molecule has 4 heteroatoms. The lowest BCUT2D eigenvalue weighted by atomic mass is 10.2. The predicted octanol–water partition coefficient (Wildman–Crippen LogP) is 1.54. The maximum atomic E-state index is 11.4. The molecule has 1 rings (SSSR count). The van der Waals surface area contributed by atoms with E-state index in [1.165, 1.54) is 0 Å². The van der Waals surface area contributed by atoms with Crippen LogP contribution in [0.25, 0.3) is 0 Å². The van der Waals surface area contributed by atoms with E-state index in [9.17, 15) is 4.79 Å². The average Bonchev–Trinajstić information content (AvgIpc) is 2.29. The zero-order valence-corrected chi connectivity index (χ0v) is 9.56. The molecule has 0 aliphatic heterocycles. The Bertz CT molecular complexity index is 352. The van der Waals surface area contributed by atoms with Crippen LogP contribution in [0.3, 0.4) is 0 Å². The van der Waals surface area contributed by atoms with Crippen LogP contribution in [0.4, 0.5) is 5.69 Å². The quantitative estimate of drug-likeness (QED) is 0.743. The summed E-state index contributed by atoms with van der Waals surface area (Å²) in [6.07, 6.45) is 0. The Morgan fingerprint density at radius 3 is 2.94 bits per heavy atom. The van der Waals surface area contributed by atoms with Gasteiger partial charge in [-0.2, -0.15) is 0 Å². The summed E-state index contributed by atoms with van der Waals surface area (Å²) >= 11 is 0. The van der Waals surface area contributed by atoms with Crippen molar-refractivity contribution in [3.05, 3.63) is 29.8 Å². The molecule has 16 heavy (non-hydrogen) atoms. The molecule has 0 spiro atoms. The molecule has 4 nitrogen and oxygen atoms in total. The zero-order chi connectivity index (χ0) is 12.0. The number of ether oxygens (including phenoxy) is 1. The van der Waals surface area contributed by atoms with Gasteiger partial charge in [-0.25, -0.2) is 4.79 Å². The van der Waals surface area contributed by atoms with Gasteiger partial charge < -0.3 is 15.2 Å². The van der Waals surface area contributed by atoms with Crippen LogP contribution in [-0.4, -0.2) is 23.7 Å². The number of aliphatic hydroxyl groups excluding tert-OH is 1. The van der Waals surface area contributed by atoms with Gasteiger partial charge in [0.25, 0.3) is 0 Å². The van der Waals surface area contributed by atoms with Crippen LogP contribution in [0.15, 0.2) is 24.3 Å². The van der Waals surface area contributed by atoms with Crippen molar-refractivity contribution < 1.29 is 14.6 Å². The Morgan fingerprint density at radius 1 is 1.56 bits per heavy atom. The van der Waals surface area contributed by atoms with E-state index in [-0.39, 0.29) is 12.6 Å². The second-order valence-electron chi connectivity index (χ2n) is 3.48. The maximum Gasteiger partial charge on any atom is 0.328 e. The molecule has 0 bridgehead atoms. The summed E-state index contributed by atoms with van der Waals surface area (Å²) in [5, 5.41) is 12.0. The van der Waals surface area contributed by atoms with Crippen molar-refractivity contribution in [1.82, 2.24) is 0 Å². The van der Waals surface area contributed by atoms with Gasteiger partial charge in [-0.3, -0.25) is 0 Å². The number of nitrogens with one attached hydrogen (secondary N) is 1. The first-order valence-corrected chi connectivity index (χ1v) is 5.30. The van der Waals surface area contributed by atoms with Crippen molar-refractivity contribution >= 4 is 11.7 Å².